The molecule has 8 heteroatoms. The van der Waals surface area contributed by atoms with Crippen molar-refractivity contribution >= 4 is 23.5 Å². The molecular weight excluding hydrogens is 364 g/mol. The molecule has 1 saturated carbocycles. The number of rotatable bonds is 3. The molecule has 1 aromatic rings. The number of halogens is 3. The van der Waals surface area contributed by atoms with Gasteiger partial charge in [-0.05, 0) is 30.2 Å². The first-order valence-corrected chi connectivity index (χ1v) is 9.01. The van der Waals surface area contributed by atoms with Gasteiger partial charge in [0.1, 0.15) is 23.2 Å². The highest BCUT2D eigenvalue weighted by atomic mass is 35.5. The minimum absolute atomic E-state index is 0.0172. The van der Waals surface area contributed by atoms with Crippen LogP contribution in [0.25, 0.3) is 0 Å². The van der Waals surface area contributed by atoms with Crippen LogP contribution in [0, 0.1) is 23.0 Å². The molecule has 5 nitrogen and oxygen atoms in total. The summed E-state index contributed by atoms with van der Waals surface area (Å²) in [6.45, 7) is 4.93. The molecule has 2 fully saturated rings. The summed E-state index contributed by atoms with van der Waals surface area (Å²) in [7, 11) is 0. The lowest BCUT2D eigenvalue weighted by Gasteiger charge is -2.47. The van der Waals surface area contributed by atoms with Gasteiger partial charge in [0, 0.05) is 18.7 Å². The molecule has 1 heterocycles. The van der Waals surface area contributed by atoms with Crippen molar-refractivity contribution in [2.75, 3.05) is 19.6 Å². The number of hydrogen-bond donors (Lipinski definition) is 2. The van der Waals surface area contributed by atoms with Crippen LogP contribution in [-0.2, 0) is 4.79 Å². The number of amides is 3. The molecule has 1 aliphatic carbocycles. The SMILES string of the molecule is CC1(C)CC(C(NC(=O)N2CCNC(=O)C2)c2ccc(F)c(Cl)c2F)C1. The van der Waals surface area contributed by atoms with E-state index < -0.39 is 28.7 Å². The standard InChI is InChI=1S/C18H22ClF2N3O2/c1-18(2)7-10(8-18)16(11-3-4-12(20)14(19)15(11)21)23-17(26)24-6-5-22-13(25)9-24/h3-4,10,16H,5-9H2,1-2H3,(H,22,25)(H,23,26). The van der Waals surface area contributed by atoms with Crippen molar-refractivity contribution < 1.29 is 18.4 Å². The van der Waals surface area contributed by atoms with Crippen LogP contribution in [0.1, 0.15) is 38.3 Å². The normalized spacial score (nSPS) is 21.0. The molecule has 142 valence electrons. The van der Waals surface area contributed by atoms with E-state index in [1.54, 1.807) is 0 Å². The van der Waals surface area contributed by atoms with Crippen LogP contribution < -0.4 is 10.6 Å². The lowest BCUT2D eigenvalue weighted by Crippen LogP contribution is -2.54. The maximum absolute atomic E-state index is 14.6. The summed E-state index contributed by atoms with van der Waals surface area (Å²) >= 11 is 5.73. The fraction of sp³-hybridized carbons (Fsp3) is 0.556. The van der Waals surface area contributed by atoms with Crippen LogP contribution in [-0.4, -0.2) is 36.5 Å². The third kappa shape index (κ3) is 3.77. The molecule has 0 radical (unpaired) electrons. The molecule has 0 spiro atoms. The molecular formula is C18H22ClF2N3O2. The van der Waals surface area contributed by atoms with Crippen molar-refractivity contribution in [2.45, 2.75) is 32.7 Å². The molecule has 1 saturated heterocycles. The zero-order valence-corrected chi connectivity index (χ0v) is 15.5. The first-order valence-electron chi connectivity index (χ1n) is 8.63. The lowest BCUT2D eigenvalue weighted by molar-refractivity contribution is -0.123. The first kappa shape index (κ1) is 18.9. The molecule has 1 aromatic carbocycles. The number of hydrogen-bond acceptors (Lipinski definition) is 2. The van der Waals surface area contributed by atoms with E-state index in [2.05, 4.69) is 24.5 Å². The topological polar surface area (TPSA) is 61.4 Å². The van der Waals surface area contributed by atoms with E-state index in [0.29, 0.717) is 13.1 Å². The third-order valence-corrected chi connectivity index (χ3v) is 5.45. The quantitative estimate of drug-likeness (QED) is 0.785. The van der Waals surface area contributed by atoms with E-state index in [1.165, 1.54) is 11.0 Å². The maximum atomic E-state index is 14.6. The number of piperazine rings is 1. The van der Waals surface area contributed by atoms with Gasteiger partial charge in [0.15, 0.2) is 0 Å². The van der Waals surface area contributed by atoms with Crippen molar-refractivity contribution in [3.8, 4) is 0 Å². The molecule has 2 N–H and O–H groups in total. The highest BCUT2D eigenvalue weighted by Gasteiger charge is 2.43. The van der Waals surface area contributed by atoms with E-state index in [4.69, 9.17) is 11.6 Å². The summed E-state index contributed by atoms with van der Waals surface area (Å²) in [4.78, 5) is 25.5. The van der Waals surface area contributed by atoms with Crippen molar-refractivity contribution in [3.05, 3.63) is 34.4 Å². The highest BCUT2D eigenvalue weighted by molar-refractivity contribution is 6.31. The summed E-state index contributed by atoms with van der Waals surface area (Å²) < 4.78 is 28.1. The third-order valence-electron chi connectivity index (χ3n) is 5.11. The van der Waals surface area contributed by atoms with E-state index in [9.17, 15) is 18.4 Å². The Morgan fingerprint density at radius 2 is 2.08 bits per heavy atom. The van der Waals surface area contributed by atoms with Crippen molar-refractivity contribution in [3.63, 3.8) is 0 Å². The number of nitrogens with one attached hydrogen (secondary N) is 2. The average molecular weight is 386 g/mol. The van der Waals surface area contributed by atoms with Crippen molar-refractivity contribution in [1.29, 1.82) is 0 Å². The summed E-state index contributed by atoms with van der Waals surface area (Å²) in [5.74, 6) is -1.90. The van der Waals surface area contributed by atoms with Crippen LogP contribution in [0.4, 0.5) is 13.6 Å². The second kappa shape index (κ2) is 7.02. The highest BCUT2D eigenvalue weighted by Crippen LogP contribution is 2.50. The number of nitrogens with zero attached hydrogens (tertiary/aromatic N) is 1. The largest absolute Gasteiger partial charge is 0.353 e. The minimum atomic E-state index is -0.849. The minimum Gasteiger partial charge on any atom is -0.353 e. The van der Waals surface area contributed by atoms with Gasteiger partial charge in [-0.1, -0.05) is 31.5 Å². The first-order chi connectivity index (χ1) is 12.2. The van der Waals surface area contributed by atoms with Gasteiger partial charge in [-0.3, -0.25) is 4.79 Å². The van der Waals surface area contributed by atoms with E-state index >= 15 is 0 Å². The van der Waals surface area contributed by atoms with Crippen LogP contribution in [0.3, 0.4) is 0 Å². The lowest BCUT2D eigenvalue weighted by atomic mass is 9.61. The zero-order valence-electron chi connectivity index (χ0n) is 14.7. The fourth-order valence-corrected chi connectivity index (χ4v) is 4.03. The molecule has 1 aliphatic heterocycles. The molecule has 26 heavy (non-hydrogen) atoms. The Hall–Kier alpha value is -1.89. The van der Waals surface area contributed by atoms with Crippen molar-refractivity contribution in [1.82, 2.24) is 15.5 Å². The summed E-state index contributed by atoms with van der Waals surface area (Å²) in [5, 5.41) is 4.92. The predicted molar refractivity (Wildman–Crippen MR) is 93.7 cm³/mol. The van der Waals surface area contributed by atoms with E-state index in [0.717, 1.165) is 18.9 Å². The van der Waals surface area contributed by atoms with Gasteiger partial charge in [-0.25, -0.2) is 13.6 Å². The Labute approximate surface area is 156 Å². The monoisotopic (exact) mass is 385 g/mol. The molecule has 0 bridgehead atoms. The van der Waals surface area contributed by atoms with Crippen LogP contribution >= 0.6 is 11.6 Å². The molecule has 2 aliphatic rings. The van der Waals surface area contributed by atoms with Gasteiger partial charge in [0.2, 0.25) is 5.91 Å². The Kier molecular flexibility index (Phi) is 5.10. The van der Waals surface area contributed by atoms with Crippen LogP contribution in [0.15, 0.2) is 12.1 Å². The smallest absolute Gasteiger partial charge is 0.318 e. The Bertz CT molecular complexity index is 733. The molecule has 1 unspecified atom stereocenters. The number of carbonyl (C=O) groups excluding carboxylic acids is 2. The summed E-state index contributed by atoms with van der Waals surface area (Å²) in [6, 6.07) is 1.38. The predicted octanol–water partition coefficient (Wildman–Crippen LogP) is 3.24. The molecule has 3 amide bonds. The van der Waals surface area contributed by atoms with Gasteiger partial charge in [-0.2, -0.15) is 0 Å². The number of benzene rings is 1. The summed E-state index contributed by atoms with van der Waals surface area (Å²) in [5.41, 5.74) is 0.283. The second-order valence-corrected chi connectivity index (χ2v) is 8.17. The fourth-order valence-electron chi connectivity index (χ4n) is 3.86. The second-order valence-electron chi connectivity index (χ2n) is 7.80. The van der Waals surface area contributed by atoms with Gasteiger partial charge >= 0.3 is 6.03 Å². The van der Waals surface area contributed by atoms with Gasteiger partial charge in [0.05, 0.1) is 6.04 Å². The Balaban J connectivity index is 1.84. The van der Waals surface area contributed by atoms with Gasteiger partial charge in [0.25, 0.3) is 0 Å². The van der Waals surface area contributed by atoms with Crippen LogP contribution in [0.2, 0.25) is 5.02 Å². The molecule has 0 aromatic heterocycles. The molecule has 3 rings (SSSR count). The Morgan fingerprint density at radius 1 is 1.38 bits per heavy atom. The van der Waals surface area contributed by atoms with E-state index in [1.807, 2.05) is 0 Å². The summed E-state index contributed by atoms with van der Waals surface area (Å²) in [6.07, 6.45) is 1.60. The number of urea groups is 1. The molecule has 1 atom stereocenters. The van der Waals surface area contributed by atoms with Gasteiger partial charge in [-0.15, -0.1) is 0 Å². The number of carbonyl (C=O) groups is 2. The maximum Gasteiger partial charge on any atom is 0.318 e. The van der Waals surface area contributed by atoms with Crippen LogP contribution in [0.5, 0.6) is 0 Å². The van der Waals surface area contributed by atoms with E-state index in [-0.39, 0.29) is 29.3 Å². The zero-order chi connectivity index (χ0) is 19.1. The van der Waals surface area contributed by atoms with Gasteiger partial charge < -0.3 is 15.5 Å². The Morgan fingerprint density at radius 3 is 2.69 bits per heavy atom. The average Bonchev–Trinajstić information content (AvgIpc) is 2.56. The van der Waals surface area contributed by atoms with Crippen molar-refractivity contribution in [2.24, 2.45) is 11.3 Å².